The molecule has 0 radical (unpaired) electrons. The lowest BCUT2D eigenvalue weighted by Gasteiger charge is -2.09. The summed E-state index contributed by atoms with van der Waals surface area (Å²) >= 11 is 1.59. The van der Waals surface area contributed by atoms with Gasteiger partial charge < -0.3 is 5.32 Å². The van der Waals surface area contributed by atoms with E-state index in [0.717, 1.165) is 27.5 Å². The molecule has 1 aromatic carbocycles. The molecule has 25 heavy (non-hydrogen) atoms. The second kappa shape index (κ2) is 6.77. The van der Waals surface area contributed by atoms with Crippen LogP contribution < -0.4 is 10.0 Å². The van der Waals surface area contributed by atoms with Gasteiger partial charge in [-0.15, -0.1) is 11.3 Å². The third kappa shape index (κ3) is 4.52. The molecule has 0 aliphatic heterocycles. The van der Waals surface area contributed by atoms with Crippen LogP contribution in [0.1, 0.15) is 10.7 Å². The maximum absolute atomic E-state index is 11.3. The Balaban J connectivity index is 1.86. The second-order valence-electron chi connectivity index (χ2n) is 5.49. The molecule has 130 valence electrons. The van der Waals surface area contributed by atoms with Crippen LogP contribution in [0.5, 0.6) is 0 Å². The van der Waals surface area contributed by atoms with E-state index in [1.807, 2.05) is 26.0 Å². The van der Waals surface area contributed by atoms with Gasteiger partial charge in [0.05, 0.1) is 33.2 Å². The number of hydrogen-bond donors (Lipinski definition) is 2. The Morgan fingerprint density at radius 1 is 1.08 bits per heavy atom. The number of aromatic nitrogens is 3. The van der Waals surface area contributed by atoms with Crippen LogP contribution in [0.4, 0.5) is 17.3 Å². The summed E-state index contributed by atoms with van der Waals surface area (Å²) in [4.78, 5) is 14.2. The van der Waals surface area contributed by atoms with Crippen molar-refractivity contribution in [2.24, 2.45) is 0 Å². The van der Waals surface area contributed by atoms with Gasteiger partial charge in [0, 0.05) is 11.9 Å². The summed E-state index contributed by atoms with van der Waals surface area (Å²) in [6, 6.07) is 8.75. The minimum atomic E-state index is -3.33. The molecular formula is C16H17N5O2S2. The monoisotopic (exact) mass is 375 g/mol. The molecule has 9 heteroatoms. The number of nitrogens with zero attached hydrogens (tertiary/aromatic N) is 3. The lowest BCUT2D eigenvalue weighted by molar-refractivity contribution is 0.607. The van der Waals surface area contributed by atoms with Crippen LogP contribution in [0.3, 0.4) is 0 Å². The fourth-order valence-corrected chi connectivity index (χ4v) is 3.76. The Morgan fingerprint density at radius 2 is 1.84 bits per heavy atom. The molecule has 0 aliphatic carbocycles. The molecule has 2 N–H and O–H groups in total. The molecule has 0 amide bonds. The van der Waals surface area contributed by atoms with Crippen molar-refractivity contribution in [3.8, 4) is 10.6 Å². The minimum Gasteiger partial charge on any atom is -0.324 e. The van der Waals surface area contributed by atoms with Crippen molar-refractivity contribution in [2.75, 3.05) is 16.3 Å². The summed E-state index contributed by atoms with van der Waals surface area (Å²) in [7, 11) is -3.33. The fourth-order valence-electron chi connectivity index (χ4n) is 2.32. The van der Waals surface area contributed by atoms with Crippen molar-refractivity contribution >= 4 is 38.7 Å². The molecule has 2 heterocycles. The summed E-state index contributed by atoms with van der Waals surface area (Å²) in [5, 5.41) is 4.08. The molecular weight excluding hydrogens is 358 g/mol. The molecule has 0 aliphatic rings. The number of hydrogen-bond acceptors (Lipinski definition) is 7. The Kier molecular flexibility index (Phi) is 4.69. The lowest BCUT2D eigenvalue weighted by Crippen LogP contribution is -2.09. The van der Waals surface area contributed by atoms with Crippen LogP contribution in [0, 0.1) is 13.8 Å². The van der Waals surface area contributed by atoms with E-state index < -0.39 is 10.0 Å². The highest BCUT2D eigenvalue weighted by Gasteiger charge is 2.10. The van der Waals surface area contributed by atoms with E-state index in [1.165, 1.54) is 0 Å². The zero-order valence-corrected chi connectivity index (χ0v) is 15.6. The maximum Gasteiger partial charge on any atom is 0.229 e. The first kappa shape index (κ1) is 17.3. The van der Waals surface area contributed by atoms with Crippen LogP contribution in [0.15, 0.2) is 36.5 Å². The number of benzene rings is 1. The molecule has 2 aromatic heterocycles. The molecule has 0 saturated carbocycles. The molecule has 0 spiro atoms. The summed E-state index contributed by atoms with van der Waals surface area (Å²) in [5.74, 6) is 0.430. The third-order valence-electron chi connectivity index (χ3n) is 3.21. The number of sulfonamides is 1. The van der Waals surface area contributed by atoms with Gasteiger partial charge in [-0.25, -0.2) is 23.4 Å². The first-order chi connectivity index (χ1) is 11.8. The molecule has 3 rings (SSSR count). The molecule has 0 saturated heterocycles. The van der Waals surface area contributed by atoms with Crippen molar-refractivity contribution < 1.29 is 8.42 Å². The quantitative estimate of drug-likeness (QED) is 0.710. The Morgan fingerprint density at radius 3 is 2.52 bits per heavy atom. The Hall–Kier alpha value is -2.52. The molecule has 0 bridgehead atoms. The average Bonchev–Trinajstić information content (AvgIpc) is 2.85. The predicted octanol–water partition coefficient (Wildman–Crippen LogP) is 3.33. The highest BCUT2D eigenvalue weighted by atomic mass is 32.2. The first-order valence-electron chi connectivity index (χ1n) is 7.42. The summed E-state index contributed by atoms with van der Waals surface area (Å²) in [6.07, 6.45) is 2.79. The van der Waals surface area contributed by atoms with Crippen LogP contribution in [-0.2, 0) is 10.0 Å². The zero-order chi connectivity index (χ0) is 18.0. The van der Waals surface area contributed by atoms with Gasteiger partial charge in [0.1, 0.15) is 0 Å². The second-order valence-corrected chi connectivity index (χ2v) is 8.44. The van der Waals surface area contributed by atoms with Gasteiger partial charge in [0.15, 0.2) is 0 Å². The van der Waals surface area contributed by atoms with Crippen molar-refractivity contribution in [2.45, 2.75) is 13.8 Å². The van der Waals surface area contributed by atoms with E-state index in [9.17, 15) is 8.42 Å². The highest BCUT2D eigenvalue weighted by molar-refractivity contribution is 7.92. The molecule has 0 fully saturated rings. The Labute approximate surface area is 150 Å². The topological polar surface area (TPSA) is 96.9 Å². The van der Waals surface area contributed by atoms with Gasteiger partial charge in [-0.05, 0) is 38.1 Å². The van der Waals surface area contributed by atoms with Gasteiger partial charge in [0.25, 0.3) is 0 Å². The smallest absolute Gasteiger partial charge is 0.229 e. The number of anilines is 3. The molecule has 3 aromatic rings. The predicted molar refractivity (Wildman–Crippen MR) is 101 cm³/mol. The number of thiazole rings is 1. The summed E-state index contributed by atoms with van der Waals surface area (Å²) in [6.45, 7) is 3.91. The number of rotatable bonds is 5. The first-order valence-corrected chi connectivity index (χ1v) is 10.1. The third-order valence-corrected chi connectivity index (χ3v) is 4.92. The number of nitrogens with one attached hydrogen (secondary N) is 2. The van der Waals surface area contributed by atoms with Crippen LogP contribution in [0.2, 0.25) is 0 Å². The standard InChI is InChI=1S/C16H17N5O2S2/c1-10-15(24-11(2)18-10)14-7-8-17-16(20-14)19-12-5-4-6-13(9-12)21-25(3,22)23/h4-9,21H,1-3H3,(H,17,19,20). The zero-order valence-electron chi connectivity index (χ0n) is 13.9. The Bertz CT molecular complexity index is 1010. The van der Waals surface area contributed by atoms with Crippen molar-refractivity contribution in [3.63, 3.8) is 0 Å². The van der Waals surface area contributed by atoms with E-state index in [0.29, 0.717) is 17.3 Å². The van der Waals surface area contributed by atoms with E-state index in [2.05, 4.69) is 25.0 Å². The molecule has 0 atom stereocenters. The normalized spacial score (nSPS) is 11.3. The molecule has 7 nitrogen and oxygen atoms in total. The van der Waals surface area contributed by atoms with Gasteiger partial charge in [-0.2, -0.15) is 0 Å². The lowest BCUT2D eigenvalue weighted by atomic mass is 10.3. The summed E-state index contributed by atoms with van der Waals surface area (Å²) in [5.41, 5.74) is 2.89. The summed E-state index contributed by atoms with van der Waals surface area (Å²) < 4.78 is 25.1. The average molecular weight is 375 g/mol. The largest absolute Gasteiger partial charge is 0.324 e. The highest BCUT2D eigenvalue weighted by Crippen LogP contribution is 2.29. The van der Waals surface area contributed by atoms with Crippen LogP contribution in [0.25, 0.3) is 10.6 Å². The maximum atomic E-state index is 11.3. The van der Waals surface area contributed by atoms with Crippen molar-refractivity contribution in [1.29, 1.82) is 0 Å². The molecule has 0 unspecified atom stereocenters. The van der Waals surface area contributed by atoms with Crippen LogP contribution >= 0.6 is 11.3 Å². The van der Waals surface area contributed by atoms with Crippen molar-refractivity contribution in [3.05, 3.63) is 47.2 Å². The van der Waals surface area contributed by atoms with Gasteiger partial charge in [0.2, 0.25) is 16.0 Å². The number of aryl methyl sites for hydroxylation is 2. The van der Waals surface area contributed by atoms with Crippen LogP contribution in [-0.4, -0.2) is 29.6 Å². The van der Waals surface area contributed by atoms with Gasteiger partial charge >= 0.3 is 0 Å². The fraction of sp³-hybridized carbons (Fsp3) is 0.188. The van der Waals surface area contributed by atoms with Gasteiger partial charge in [-0.3, -0.25) is 4.72 Å². The SMILES string of the molecule is Cc1nc(C)c(-c2ccnc(Nc3cccc(NS(C)(=O)=O)c3)n2)s1. The van der Waals surface area contributed by atoms with E-state index in [4.69, 9.17) is 0 Å². The van der Waals surface area contributed by atoms with Gasteiger partial charge in [-0.1, -0.05) is 6.07 Å². The van der Waals surface area contributed by atoms with E-state index in [1.54, 1.807) is 35.7 Å². The van der Waals surface area contributed by atoms with Crippen molar-refractivity contribution in [1.82, 2.24) is 15.0 Å². The minimum absolute atomic E-state index is 0.430. The van der Waals surface area contributed by atoms with E-state index >= 15 is 0 Å². The van der Waals surface area contributed by atoms with E-state index in [-0.39, 0.29) is 0 Å².